The smallest absolute Gasteiger partial charge is 0.306 e. The van der Waals surface area contributed by atoms with Gasteiger partial charge in [0.2, 0.25) is 0 Å². The molecule has 1 saturated heterocycles. The highest BCUT2D eigenvalue weighted by Crippen LogP contribution is 2.38. The van der Waals surface area contributed by atoms with E-state index >= 15 is 0 Å². The van der Waals surface area contributed by atoms with E-state index in [1.54, 1.807) is 0 Å². The fraction of sp³-hybridized carbons (Fsp3) is 0.913. The number of hydrogen-bond donors (Lipinski definition) is 0. The number of rotatable bonds is 42. The van der Waals surface area contributed by atoms with Crippen molar-refractivity contribution < 1.29 is 46.8 Å². The summed E-state index contributed by atoms with van der Waals surface area (Å²) in [4.78, 5) is 37.6. The number of esters is 2. The van der Waals surface area contributed by atoms with Crippen molar-refractivity contribution in [3.8, 4) is 0 Å². The maximum Gasteiger partial charge on any atom is 0.306 e. The van der Waals surface area contributed by atoms with Gasteiger partial charge in [0.15, 0.2) is 6.10 Å². The minimum absolute atomic E-state index is 0.0330. The van der Waals surface area contributed by atoms with E-state index in [1.165, 1.54) is 116 Å². The van der Waals surface area contributed by atoms with Gasteiger partial charge in [0.05, 0.1) is 40.0 Å². The quantitative estimate of drug-likeness (QED) is 0.0148. The van der Waals surface area contributed by atoms with Crippen molar-refractivity contribution in [1.82, 2.24) is 0 Å². The first-order valence-corrected chi connectivity index (χ1v) is 25.0. The number of allylic oxidation sites excluding steroid dienone is 1. The molecule has 11 heteroatoms. The Labute approximate surface area is 350 Å². The van der Waals surface area contributed by atoms with Crippen molar-refractivity contribution in [3.05, 3.63) is 12.2 Å². The average Bonchev–Trinajstić information content (AvgIpc) is 3.92. The van der Waals surface area contributed by atoms with Crippen LogP contribution in [0.3, 0.4) is 0 Å². The van der Waals surface area contributed by atoms with E-state index < -0.39 is 32.5 Å². The lowest BCUT2D eigenvalue weighted by Crippen LogP contribution is -2.37. The predicted octanol–water partition coefficient (Wildman–Crippen LogP) is 11.7. The minimum Gasteiger partial charge on any atom is -0.756 e. The summed E-state index contributed by atoms with van der Waals surface area (Å²) in [5.74, 6) is -0.847. The first-order valence-electron chi connectivity index (χ1n) is 23.5. The summed E-state index contributed by atoms with van der Waals surface area (Å²) in [6.07, 6.45) is 38.2. The second-order valence-corrected chi connectivity index (χ2v) is 18.9. The van der Waals surface area contributed by atoms with Crippen molar-refractivity contribution in [3.63, 3.8) is 0 Å². The van der Waals surface area contributed by atoms with Crippen LogP contribution in [0, 0.1) is 0 Å². The lowest BCUT2D eigenvalue weighted by Gasteiger charge is -2.28. The third-order valence-electron chi connectivity index (χ3n) is 10.7. The predicted molar refractivity (Wildman–Crippen MR) is 231 cm³/mol. The van der Waals surface area contributed by atoms with E-state index in [-0.39, 0.29) is 26.1 Å². The Hall–Kier alpha value is -1.29. The number of phosphoric acid groups is 1. The molecule has 1 fully saturated rings. The summed E-state index contributed by atoms with van der Waals surface area (Å²) in [5, 5.41) is 0. The lowest BCUT2D eigenvalue weighted by atomic mass is 10.0. The van der Waals surface area contributed by atoms with Crippen molar-refractivity contribution in [1.29, 1.82) is 0 Å². The molecule has 1 aliphatic heterocycles. The molecule has 0 radical (unpaired) electrons. The molecule has 0 bridgehead atoms. The summed E-state index contributed by atoms with van der Waals surface area (Å²) in [6.45, 7) is 4.20. The molecular formula is C46H88NO9P. The van der Waals surface area contributed by atoms with Gasteiger partial charge in [-0.05, 0) is 38.5 Å². The molecule has 0 amide bonds. The first-order chi connectivity index (χ1) is 27.5. The number of likely N-dealkylation sites (N-methyl/N-ethyl adjacent to an activating group) is 1. The second-order valence-electron chi connectivity index (χ2n) is 17.5. The highest BCUT2D eigenvalue weighted by atomic mass is 31.2. The number of ether oxygens (including phenoxy) is 3. The number of carbonyl (C=O) groups is 2. The Morgan fingerprint density at radius 1 is 0.632 bits per heavy atom. The summed E-state index contributed by atoms with van der Waals surface area (Å²) < 4.78 is 39.8. The van der Waals surface area contributed by atoms with Gasteiger partial charge in [0.25, 0.3) is 7.82 Å². The van der Waals surface area contributed by atoms with Crippen LogP contribution in [-0.2, 0) is 37.4 Å². The monoisotopic (exact) mass is 830 g/mol. The molecule has 0 aromatic rings. The van der Waals surface area contributed by atoms with Crippen molar-refractivity contribution in [2.24, 2.45) is 0 Å². The molecule has 3 unspecified atom stereocenters. The number of unbranched alkanes of at least 4 members (excludes halogenated alkanes) is 23. The third-order valence-corrected chi connectivity index (χ3v) is 11.7. The molecule has 336 valence electrons. The Morgan fingerprint density at radius 3 is 1.67 bits per heavy atom. The molecule has 4 atom stereocenters. The zero-order chi connectivity index (χ0) is 41.9. The minimum atomic E-state index is -4.63. The van der Waals surface area contributed by atoms with Gasteiger partial charge in [-0.1, -0.05) is 167 Å². The van der Waals surface area contributed by atoms with Crippen LogP contribution in [0.1, 0.15) is 206 Å². The van der Waals surface area contributed by atoms with Crippen molar-refractivity contribution in [2.75, 3.05) is 47.5 Å². The number of phosphoric ester groups is 1. The fourth-order valence-corrected chi connectivity index (χ4v) is 7.63. The Balaban J connectivity index is 2.25. The van der Waals surface area contributed by atoms with Gasteiger partial charge in [-0.3, -0.25) is 14.2 Å². The molecule has 0 saturated carbocycles. The van der Waals surface area contributed by atoms with E-state index in [2.05, 4.69) is 26.0 Å². The van der Waals surface area contributed by atoms with Crippen LogP contribution in [-0.4, -0.2) is 82.2 Å². The summed E-state index contributed by atoms with van der Waals surface area (Å²) in [6, 6.07) is 0. The Kier molecular flexibility index (Phi) is 33.4. The van der Waals surface area contributed by atoms with Crippen LogP contribution in [0.15, 0.2) is 12.2 Å². The molecule has 57 heavy (non-hydrogen) atoms. The molecule has 1 heterocycles. The van der Waals surface area contributed by atoms with Gasteiger partial charge < -0.3 is 32.6 Å². The van der Waals surface area contributed by atoms with Gasteiger partial charge in [0.1, 0.15) is 19.8 Å². The van der Waals surface area contributed by atoms with Crippen molar-refractivity contribution >= 4 is 19.8 Å². The Bertz CT molecular complexity index is 1050. The maximum atomic E-state index is 12.7. The number of epoxide rings is 1. The van der Waals surface area contributed by atoms with Crippen LogP contribution in [0.4, 0.5) is 0 Å². The van der Waals surface area contributed by atoms with E-state index in [0.717, 1.165) is 51.4 Å². The van der Waals surface area contributed by atoms with E-state index in [4.69, 9.17) is 23.3 Å². The van der Waals surface area contributed by atoms with Gasteiger partial charge in [-0.2, -0.15) is 0 Å². The fourth-order valence-electron chi connectivity index (χ4n) is 6.90. The lowest BCUT2D eigenvalue weighted by molar-refractivity contribution is -0.870. The van der Waals surface area contributed by atoms with Crippen LogP contribution >= 0.6 is 7.82 Å². The number of quaternary nitrogens is 1. The standard InChI is InChI=1S/C46H88NO9P/c1-6-8-10-12-14-15-16-17-18-19-20-21-22-23-24-28-33-37-46(49)55-42(41-54-57(50,51)53-39-38-47(3,4)5)40-52-45(48)36-32-29-25-27-31-35-44-43(56-44)34-30-26-13-11-9-7-2/h26,30,42-44H,6-25,27-29,31-41H2,1-5H3/b30-26-/t42-,43?,44?/m1/s1. The maximum absolute atomic E-state index is 12.7. The molecule has 0 aliphatic carbocycles. The molecule has 0 aromatic carbocycles. The van der Waals surface area contributed by atoms with Gasteiger partial charge in [0, 0.05) is 12.8 Å². The first kappa shape index (κ1) is 53.7. The second kappa shape index (κ2) is 35.5. The third kappa shape index (κ3) is 36.3. The largest absolute Gasteiger partial charge is 0.756 e. The van der Waals surface area contributed by atoms with Crippen LogP contribution in [0.5, 0.6) is 0 Å². The number of carbonyl (C=O) groups excluding carboxylic acids is 2. The number of nitrogens with zero attached hydrogens (tertiary/aromatic N) is 1. The highest BCUT2D eigenvalue weighted by Gasteiger charge is 2.36. The normalized spacial score (nSPS) is 17.2. The van der Waals surface area contributed by atoms with Gasteiger partial charge in [-0.25, -0.2) is 0 Å². The average molecular weight is 830 g/mol. The van der Waals surface area contributed by atoms with E-state index in [9.17, 15) is 19.0 Å². The molecule has 0 aromatic heterocycles. The van der Waals surface area contributed by atoms with Crippen LogP contribution in [0.2, 0.25) is 0 Å². The van der Waals surface area contributed by atoms with E-state index in [0.29, 0.717) is 36.1 Å². The molecule has 1 aliphatic rings. The van der Waals surface area contributed by atoms with E-state index in [1.807, 2.05) is 21.1 Å². The van der Waals surface area contributed by atoms with Crippen LogP contribution < -0.4 is 4.89 Å². The molecule has 1 rings (SSSR count). The van der Waals surface area contributed by atoms with Crippen molar-refractivity contribution in [2.45, 2.75) is 225 Å². The summed E-state index contributed by atoms with van der Waals surface area (Å²) in [5.41, 5.74) is 0. The topological polar surface area (TPSA) is 124 Å². The summed E-state index contributed by atoms with van der Waals surface area (Å²) in [7, 11) is 1.16. The number of hydrogen-bond acceptors (Lipinski definition) is 9. The van der Waals surface area contributed by atoms with Gasteiger partial charge >= 0.3 is 11.9 Å². The highest BCUT2D eigenvalue weighted by molar-refractivity contribution is 7.45. The molecule has 0 spiro atoms. The molecule has 0 N–H and O–H groups in total. The zero-order valence-corrected chi connectivity index (χ0v) is 38.4. The molecule has 10 nitrogen and oxygen atoms in total. The van der Waals surface area contributed by atoms with Gasteiger partial charge in [-0.15, -0.1) is 0 Å². The summed E-state index contributed by atoms with van der Waals surface area (Å²) >= 11 is 0. The van der Waals surface area contributed by atoms with Crippen LogP contribution in [0.25, 0.3) is 0 Å². The zero-order valence-electron chi connectivity index (χ0n) is 37.5. The molecular weight excluding hydrogens is 741 g/mol. The Morgan fingerprint density at radius 2 is 1.12 bits per heavy atom. The SMILES string of the molecule is CCCCC/C=C\CC1OC1CCCCCCCC(=O)OC[C@H](COP(=O)([O-])OCC[N+](C)(C)C)OC(=O)CCCCCCCCCCCCCCCCCCC.